The van der Waals surface area contributed by atoms with Gasteiger partial charge in [0.25, 0.3) is 0 Å². The monoisotopic (exact) mass is 304 g/mol. The van der Waals surface area contributed by atoms with Crippen molar-refractivity contribution in [2.45, 2.75) is 18.0 Å². The standard InChI is InChI=1S/C13H16N6OS/c14-19-12(10-4-3-5-15-8-10)16-17-13(19)21-9-11(20)18-6-1-2-7-18/h3-5,8H,1-2,6-7,9,14H2. The fourth-order valence-corrected chi connectivity index (χ4v) is 3.01. The number of hydrogen-bond donors (Lipinski definition) is 1. The lowest BCUT2D eigenvalue weighted by Gasteiger charge is -2.14. The quantitative estimate of drug-likeness (QED) is 0.663. The summed E-state index contributed by atoms with van der Waals surface area (Å²) in [5, 5.41) is 8.64. The van der Waals surface area contributed by atoms with Crippen molar-refractivity contribution in [2.75, 3.05) is 24.7 Å². The Hall–Kier alpha value is -2.09. The van der Waals surface area contributed by atoms with Gasteiger partial charge in [0.15, 0.2) is 5.82 Å². The Labute approximate surface area is 126 Å². The van der Waals surface area contributed by atoms with Gasteiger partial charge in [0.05, 0.1) is 5.75 Å². The summed E-state index contributed by atoms with van der Waals surface area (Å²) in [5.74, 6) is 7.00. The lowest BCUT2D eigenvalue weighted by atomic mass is 10.3. The molecule has 1 amide bonds. The summed E-state index contributed by atoms with van der Waals surface area (Å²) in [6.45, 7) is 1.71. The zero-order valence-electron chi connectivity index (χ0n) is 11.5. The largest absolute Gasteiger partial charge is 0.342 e. The van der Waals surface area contributed by atoms with Gasteiger partial charge in [0, 0.05) is 31.0 Å². The first-order valence-electron chi connectivity index (χ1n) is 6.77. The second-order valence-electron chi connectivity index (χ2n) is 4.79. The van der Waals surface area contributed by atoms with Gasteiger partial charge in [0.2, 0.25) is 11.1 Å². The SMILES string of the molecule is Nn1c(SCC(=O)N2CCCC2)nnc1-c1cccnc1. The normalized spacial score (nSPS) is 14.6. The Morgan fingerprint density at radius 1 is 1.33 bits per heavy atom. The smallest absolute Gasteiger partial charge is 0.233 e. The summed E-state index contributed by atoms with van der Waals surface area (Å²) in [5.41, 5.74) is 0.796. The molecule has 0 bridgehead atoms. The number of carbonyl (C=O) groups is 1. The molecule has 0 aliphatic carbocycles. The molecule has 1 fully saturated rings. The maximum absolute atomic E-state index is 12.0. The maximum atomic E-state index is 12.0. The van der Waals surface area contributed by atoms with Crippen molar-refractivity contribution in [3.05, 3.63) is 24.5 Å². The molecule has 2 aromatic rings. The van der Waals surface area contributed by atoms with Crippen LogP contribution in [0.15, 0.2) is 29.7 Å². The summed E-state index contributed by atoms with van der Waals surface area (Å²) in [7, 11) is 0. The van der Waals surface area contributed by atoms with Gasteiger partial charge in [-0.2, -0.15) is 0 Å². The highest BCUT2D eigenvalue weighted by atomic mass is 32.2. The molecule has 3 heterocycles. The molecule has 7 nitrogen and oxygen atoms in total. The van der Waals surface area contributed by atoms with Gasteiger partial charge in [-0.05, 0) is 25.0 Å². The summed E-state index contributed by atoms with van der Waals surface area (Å²) in [6.07, 6.45) is 5.55. The number of hydrogen-bond acceptors (Lipinski definition) is 6. The third-order valence-electron chi connectivity index (χ3n) is 3.37. The Bertz CT molecular complexity index is 623. The average Bonchev–Trinajstić information content (AvgIpc) is 3.16. The summed E-state index contributed by atoms with van der Waals surface area (Å²) >= 11 is 1.31. The highest BCUT2D eigenvalue weighted by molar-refractivity contribution is 7.99. The van der Waals surface area contributed by atoms with Crippen molar-refractivity contribution in [1.82, 2.24) is 24.8 Å². The molecular formula is C13H16N6OS. The molecule has 1 aliphatic heterocycles. The van der Waals surface area contributed by atoms with Gasteiger partial charge in [0.1, 0.15) is 0 Å². The first kappa shape index (κ1) is 13.9. The number of nitrogen functional groups attached to an aromatic ring is 1. The number of amides is 1. The second kappa shape index (κ2) is 6.13. The number of carbonyl (C=O) groups excluding carboxylic acids is 1. The highest BCUT2D eigenvalue weighted by Crippen LogP contribution is 2.21. The van der Waals surface area contributed by atoms with Crippen molar-refractivity contribution in [3.8, 4) is 11.4 Å². The van der Waals surface area contributed by atoms with Gasteiger partial charge in [-0.15, -0.1) is 10.2 Å². The van der Waals surface area contributed by atoms with Gasteiger partial charge in [-0.1, -0.05) is 11.8 Å². The summed E-state index contributed by atoms with van der Waals surface area (Å²) < 4.78 is 1.40. The first-order chi connectivity index (χ1) is 10.3. The first-order valence-corrected chi connectivity index (χ1v) is 7.76. The summed E-state index contributed by atoms with van der Waals surface area (Å²) in [6, 6.07) is 3.68. The molecule has 0 atom stereocenters. The maximum Gasteiger partial charge on any atom is 0.233 e. The van der Waals surface area contributed by atoms with E-state index in [-0.39, 0.29) is 5.91 Å². The van der Waals surface area contributed by atoms with Crippen LogP contribution in [0.2, 0.25) is 0 Å². The molecule has 3 rings (SSSR count). The van der Waals surface area contributed by atoms with E-state index in [2.05, 4.69) is 15.2 Å². The van der Waals surface area contributed by atoms with Gasteiger partial charge >= 0.3 is 0 Å². The van der Waals surface area contributed by atoms with Crippen LogP contribution < -0.4 is 5.84 Å². The van der Waals surface area contributed by atoms with Gasteiger partial charge < -0.3 is 10.7 Å². The molecule has 0 saturated carbocycles. The molecule has 0 radical (unpaired) electrons. The van der Waals surface area contributed by atoms with E-state index in [1.165, 1.54) is 16.4 Å². The van der Waals surface area contributed by atoms with Crippen LogP contribution in [0.4, 0.5) is 0 Å². The molecule has 8 heteroatoms. The van der Waals surface area contributed by atoms with E-state index < -0.39 is 0 Å². The van der Waals surface area contributed by atoms with E-state index in [9.17, 15) is 4.79 Å². The zero-order chi connectivity index (χ0) is 14.7. The number of thioether (sulfide) groups is 1. The molecule has 0 spiro atoms. The van der Waals surface area contributed by atoms with Crippen LogP contribution in [0.25, 0.3) is 11.4 Å². The van der Waals surface area contributed by atoms with Crippen LogP contribution >= 0.6 is 11.8 Å². The Kier molecular flexibility index (Phi) is 4.05. The van der Waals surface area contributed by atoms with Crippen molar-refractivity contribution in [3.63, 3.8) is 0 Å². The average molecular weight is 304 g/mol. The number of aromatic nitrogens is 4. The number of rotatable bonds is 4. The van der Waals surface area contributed by atoms with Crippen molar-refractivity contribution in [2.24, 2.45) is 0 Å². The van der Waals surface area contributed by atoms with E-state index in [1.807, 2.05) is 17.0 Å². The predicted octanol–water partition coefficient (Wildman–Crippen LogP) is 0.768. The van der Waals surface area contributed by atoms with Crippen LogP contribution in [0.1, 0.15) is 12.8 Å². The number of nitrogens with zero attached hydrogens (tertiary/aromatic N) is 5. The zero-order valence-corrected chi connectivity index (χ0v) is 12.3. The van der Waals surface area contributed by atoms with Crippen LogP contribution in [0.3, 0.4) is 0 Å². The van der Waals surface area contributed by atoms with E-state index in [0.29, 0.717) is 16.7 Å². The van der Waals surface area contributed by atoms with Crippen LogP contribution in [-0.4, -0.2) is 49.5 Å². The van der Waals surface area contributed by atoms with Crippen molar-refractivity contribution < 1.29 is 4.79 Å². The topological polar surface area (TPSA) is 89.9 Å². The minimum Gasteiger partial charge on any atom is -0.342 e. The molecular weight excluding hydrogens is 288 g/mol. The number of nitrogens with two attached hydrogens (primary N) is 1. The van der Waals surface area contributed by atoms with Crippen LogP contribution in [0, 0.1) is 0 Å². The molecule has 2 aromatic heterocycles. The third kappa shape index (κ3) is 2.99. The van der Waals surface area contributed by atoms with Crippen molar-refractivity contribution >= 4 is 17.7 Å². The Morgan fingerprint density at radius 2 is 2.14 bits per heavy atom. The lowest BCUT2D eigenvalue weighted by molar-refractivity contribution is -0.127. The minimum absolute atomic E-state index is 0.128. The molecule has 2 N–H and O–H groups in total. The van der Waals surface area contributed by atoms with E-state index in [1.54, 1.807) is 12.4 Å². The van der Waals surface area contributed by atoms with E-state index in [4.69, 9.17) is 5.84 Å². The molecule has 0 unspecified atom stereocenters. The Balaban J connectivity index is 1.67. The fourth-order valence-electron chi connectivity index (χ4n) is 2.25. The molecule has 21 heavy (non-hydrogen) atoms. The molecule has 1 saturated heterocycles. The highest BCUT2D eigenvalue weighted by Gasteiger charge is 2.19. The van der Waals surface area contributed by atoms with Gasteiger partial charge in [-0.25, -0.2) is 4.68 Å². The number of pyridine rings is 1. The Morgan fingerprint density at radius 3 is 2.86 bits per heavy atom. The van der Waals surface area contributed by atoms with Crippen LogP contribution in [-0.2, 0) is 4.79 Å². The van der Waals surface area contributed by atoms with E-state index in [0.717, 1.165) is 31.5 Å². The molecule has 1 aliphatic rings. The lowest BCUT2D eigenvalue weighted by Crippen LogP contribution is -2.29. The van der Waals surface area contributed by atoms with Gasteiger partial charge in [-0.3, -0.25) is 9.78 Å². The molecule has 0 aromatic carbocycles. The second-order valence-corrected chi connectivity index (χ2v) is 5.74. The summed E-state index contributed by atoms with van der Waals surface area (Å²) in [4.78, 5) is 17.9. The minimum atomic E-state index is 0.128. The van der Waals surface area contributed by atoms with E-state index >= 15 is 0 Å². The predicted molar refractivity (Wildman–Crippen MR) is 79.9 cm³/mol. The van der Waals surface area contributed by atoms with Crippen LogP contribution in [0.5, 0.6) is 0 Å². The van der Waals surface area contributed by atoms with Crippen molar-refractivity contribution in [1.29, 1.82) is 0 Å². The fraction of sp³-hybridized carbons (Fsp3) is 0.385. The number of likely N-dealkylation sites (tertiary alicyclic amines) is 1. The molecule has 110 valence electrons. The third-order valence-corrected chi connectivity index (χ3v) is 4.30.